The maximum absolute atomic E-state index is 11.4. The van der Waals surface area contributed by atoms with E-state index in [1.165, 1.54) is 33.3 Å². The summed E-state index contributed by atoms with van der Waals surface area (Å²) in [4.78, 5) is 25.9. The van der Waals surface area contributed by atoms with Gasteiger partial charge >= 0.3 is 5.97 Å². The molecule has 19 heavy (non-hydrogen) atoms. The van der Waals surface area contributed by atoms with E-state index in [-0.39, 0.29) is 35.5 Å². The van der Waals surface area contributed by atoms with Crippen LogP contribution in [0.5, 0.6) is 11.5 Å². The summed E-state index contributed by atoms with van der Waals surface area (Å²) in [5, 5.41) is 11.2. The molecule has 0 aliphatic carbocycles. The van der Waals surface area contributed by atoms with Gasteiger partial charge < -0.3 is 19.9 Å². The van der Waals surface area contributed by atoms with Gasteiger partial charge in [-0.25, -0.2) is 9.78 Å². The number of hydrogen-bond donors (Lipinski definition) is 2. The van der Waals surface area contributed by atoms with E-state index in [9.17, 15) is 9.59 Å². The molecule has 0 radical (unpaired) electrons. The molecule has 1 aromatic rings. The number of methoxy groups -OCH3 is 1. The Hall–Kier alpha value is -2.02. The van der Waals surface area contributed by atoms with Crippen LogP contribution in [0.3, 0.4) is 0 Å². The quantitative estimate of drug-likeness (QED) is 0.829. The number of carbonyl (C=O) groups is 2. The molecule has 0 fully saturated rings. The van der Waals surface area contributed by atoms with Gasteiger partial charge in [-0.05, 0) is 6.92 Å². The predicted molar refractivity (Wildman–Crippen MR) is 69.2 cm³/mol. The maximum atomic E-state index is 11.4. The average molecular weight is 291 g/mol. The molecule has 1 aromatic heterocycles. The van der Waals surface area contributed by atoms with Crippen molar-refractivity contribution in [3.63, 3.8) is 0 Å². The Balaban J connectivity index is 0.00000324. The molecule has 0 spiro atoms. The summed E-state index contributed by atoms with van der Waals surface area (Å²) < 4.78 is 10.2. The fraction of sp³-hybridized carbons (Fsp3) is 0.364. The summed E-state index contributed by atoms with van der Waals surface area (Å²) >= 11 is 0. The van der Waals surface area contributed by atoms with E-state index in [0.717, 1.165) is 0 Å². The predicted octanol–water partition coefficient (Wildman–Crippen LogP) is 0.723. The lowest BCUT2D eigenvalue weighted by Gasteiger charge is -2.13. The topological polar surface area (TPSA) is 97.8 Å². The van der Waals surface area contributed by atoms with E-state index in [4.69, 9.17) is 14.6 Å². The van der Waals surface area contributed by atoms with Crippen LogP contribution in [0.25, 0.3) is 0 Å². The second-order valence-electron chi connectivity index (χ2n) is 3.40. The smallest absolute Gasteiger partial charge is 0.344 e. The van der Waals surface area contributed by atoms with Crippen molar-refractivity contribution in [3.8, 4) is 11.5 Å². The zero-order valence-electron chi connectivity index (χ0n) is 10.7. The first kappa shape index (κ1) is 17.0. The van der Waals surface area contributed by atoms with E-state index in [1.807, 2.05) is 0 Å². The van der Waals surface area contributed by atoms with Crippen molar-refractivity contribution in [1.82, 2.24) is 10.3 Å². The van der Waals surface area contributed by atoms with Crippen molar-refractivity contribution in [2.24, 2.45) is 0 Å². The molecule has 0 bridgehead atoms. The standard InChI is InChI=1S/C11H14N2O5.ClH/c1-6(11(15)16)18-9-5-13-7(10(14)12-2)4-8(9)17-3;/h4-6H,1-3H3,(H,12,14)(H,15,16);1H/t6-;/m0./s1. The number of halogens is 1. The molecule has 0 aromatic carbocycles. The molecule has 0 saturated heterocycles. The first-order chi connectivity index (χ1) is 8.49. The Labute approximate surface area is 116 Å². The third-order valence-electron chi connectivity index (χ3n) is 2.16. The van der Waals surface area contributed by atoms with Gasteiger partial charge in [0.05, 0.1) is 13.3 Å². The highest BCUT2D eigenvalue weighted by Crippen LogP contribution is 2.27. The number of aliphatic carboxylic acids is 1. The number of ether oxygens (including phenoxy) is 2. The largest absolute Gasteiger partial charge is 0.493 e. The molecule has 1 atom stereocenters. The van der Waals surface area contributed by atoms with Crippen LogP contribution in [0.15, 0.2) is 12.3 Å². The summed E-state index contributed by atoms with van der Waals surface area (Å²) in [6, 6.07) is 1.38. The first-order valence-electron chi connectivity index (χ1n) is 5.15. The summed E-state index contributed by atoms with van der Waals surface area (Å²) in [6.45, 7) is 1.38. The molecule has 1 rings (SSSR count). The summed E-state index contributed by atoms with van der Waals surface area (Å²) in [5.74, 6) is -1.06. The number of aromatic nitrogens is 1. The summed E-state index contributed by atoms with van der Waals surface area (Å²) in [5.41, 5.74) is 0.157. The Morgan fingerprint density at radius 1 is 1.42 bits per heavy atom. The third-order valence-corrected chi connectivity index (χ3v) is 2.16. The zero-order valence-corrected chi connectivity index (χ0v) is 11.5. The van der Waals surface area contributed by atoms with Crippen LogP contribution in [0.2, 0.25) is 0 Å². The molecule has 106 valence electrons. The molecule has 1 heterocycles. The Morgan fingerprint density at radius 3 is 2.53 bits per heavy atom. The van der Waals surface area contributed by atoms with E-state index < -0.39 is 12.1 Å². The van der Waals surface area contributed by atoms with Gasteiger partial charge in [0, 0.05) is 13.1 Å². The molecule has 0 unspecified atom stereocenters. The first-order valence-corrected chi connectivity index (χ1v) is 5.15. The molecule has 2 N–H and O–H groups in total. The fourth-order valence-corrected chi connectivity index (χ4v) is 1.17. The highest BCUT2D eigenvalue weighted by atomic mass is 35.5. The fourth-order valence-electron chi connectivity index (χ4n) is 1.17. The number of hydrogen-bond acceptors (Lipinski definition) is 5. The second-order valence-corrected chi connectivity index (χ2v) is 3.40. The molecule has 0 aliphatic heterocycles. The van der Waals surface area contributed by atoms with Crippen molar-refractivity contribution in [1.29, 1.82) is 0 Å². The van der Waals surface area contributed by atoms with E-state index >= 15 is 0 Å². The number of nitrogens with zero attached hydrogens (tertiary/aromatic N) is 1. The second kappa shape index (κ2) is 7.42. The van der Waals surface area contributed by atoms with Crippen LogP contribution in [0.4, 0.5) is 0 Å². The minimum absolute atomic E-state index is 0. The summed E-state index contributed by atoms with van der Waals surface area (Å²) in [7, 11) is 2.87. The number of rotatable bonds is 5. The Bertz CT molecular complexity index is 466. The Morgan fingerprint density at radius 2 is 2.05 bits per heavy atom. The highest BCUT2D eigenvalue weighted by molar-refractivity contribution is 5.92. The molecular formula is C11H15ClN2O5. The van der Waals surface area contributed by atoms with Gasteiger partial charge in [0.1, 0.15) is 5.69 Å². The van der Waals surface area contributed by atoms with Crippen molar-refractivity contribution >= 4 is 24.3 Å². The maximum Gasteiger partial charge on any atom is 0.344 e. The van der Waals surface area contributed by atoms with Crippen LogP contribution in [-0.2, 0) is 4.79 Å². The minimum Gasteiger partial charge on any atom is -0.493 e. The van der Waals surface area contributed by atoms with Gasteiger partial charge in [-0.3, -0.25) is 4.79 Å². The lowest BCUT2D eigenvalue weighted by atomic mass is 10.3. The third kappa shape index (κ3) is 4.29. The highest BCUT2D eigenvalue weighted by Gasteiger charge is 2.17. The molecular weight excluding hydrogens is 276 g/mol. The Kier molecular flexibility index (Phi) is 6.63. The molecule has 0 saturated carbocycles. The van der Waals surface area contributed by atoms with Crippen LogP contribution in [-0.4, -0.2) is 42.2 Å². The zero-order chi connectivity index (χ0) is 13.7. The number of amides is 1. The van der Waals surface area contributed by atoms with Crippen molar-refractivity contribution in [3.05, 3.63) is 18.0 Å². The van der Waals surface area contributed by atoms with Gasteiger partial charge in [0.15, 0.2) is 17.6 Å². The molecule has 8 heteroatoms. The summed E-state index contributed by atoms with van der Waals surface area (Å²) in [6.07, 6.45) is 0.217. The van der Waals surface area contributed by atoms with Gasteiger partial charge in [-0.1, -0.05) is 0 Å². The normalized spacial score (nSPS) is 10.9. The van der Waals surface area contributed by atoms with E-state index in [0.29, 0.717) is 0 Å². The average Bonchev–Trinajstić information content (AvgIpc) is 2.37. The number of carboxylic acid groups (broad SMARTS) is 1. The van der Waals surface area contributed by atoms with Crippen LogP contribution < -0.4 is 14.8 Å². The van der Waals surface area contributed by atoms with Crippen LogP contribution >= 0.6 is 12.4 Å². The number of carbonyl (C=O) groups excluding carboxylic acids is 1. The number of pyridine rings is 1. The monoisotopic (exact) mass is 290 g/mol. The van der Waals surface area contributed by atoms with Gasteiger partial charge in [0.2, 0.25) is 0 Å². The van der Waals surface area contributed by atoms with Gasteiger partial charge in [-0.15, -0.1) is 12.4 Å². The number of nitrogens with one attached hydrogen (secondary N) is 1. The number of carboxylic acids is 1. The van der Waals surface area contributed by atoms with Crippen LogP contribution in [0, 0.1) is 0 Å². The molecule has 1 amide bonds. The van der Waals surface area contributed by atoms with Crippen molar-refractivity contribution < 1.29 is 24.2 Å². The van der Waals surface area contributed by atoms with Gasteiger partial charge in [-0.2, -0.15) is 0 Å². The van der Waals surface area contributed by atoms with Gasteiger partial charge in [0.25, 0.3) is 5.91 Å². The van der Waals surface area contributed by atoms with E-state index in [2.05, 4.69) is 10.3 Å². The molecule has 0 aliphatic rings. The SMILES string of the molecule is CNC(=O)c1cc(OC)c(O[C@@H](C)C(=O)O)cn1.Cl. The van der Waals surface area contributed by atoms with Crippen LogP contribution in [0.1, 0.15) is 17.4 Å². The van der Waals surface area contributed by atoms with E-state index in [1.54, 1.807) is 0 Å². The minimum atomic E-state index is -1.10. The van der Waals surface area contributed by atoms with Crippen molar-refractivity contribution in [2.75, 3.05) is 14.2 Å². The lowest BCUT2D eigenvalue weighted by Crippen LogP contribution is -2.23. The molecule has 7 nitrogen and oxygen atoms in total. The van der Waals surface area contributed by atoms with Crippen molar-refractivity contribution in [2.45, 2.75) is 13.0 Å². The lowest BCUT2D eigenvalue weighted by molar-refractivity contribution is -0.144.